The van der Waals surface area contributed by atoms with Gasteiger partial charge >= 0.3 is 0 Å². The van der Waals surface area contributed by atoms with Crippen molar-refractivity contribution in [3.05, 3.63) is 136 Å². The first-order chi connectivity index (χ1) is 24.6. The Morgan fingerprint density at radius 1 is 0.843 bits per heavy atom. The molecule has 51 heavy (non-hydrogen) atoms. The Balaban J connectivity index is 1.26. The average molecular weight is 702 g/mol. The van der Waals surface area contributed by atoms with Gasteiger partial charge in [-0.25, -0.2) is 0 Å². The summed E-state index contributed by atoms with van der Waals surface area (Å²) in [7, 11) is 0. The van der Waals surface area contributed by atoms with Crippen LogP contribution in [0.15, 0.2) is 109 Å². The number of carbonyl (C=O) groups is 4. The number of nitrogens with zero attached hydrogens (tertiary/aromatic N) is 2. The van der Waals surface area contributed by atoms with Gasteiger partial charge in [0.1, 0.15) is 11.5 Å². The van der Waals surface area contributed by atoms with Gasteiger partial charge in [-0.1, -0.05) is 83.4 Å². The number of fused-ring (bicyclic) bond motifs is 4. The Morgan fingerprint density at radius 2 is 1.57 bits per heavy atom. The average Bonchev–Trinajstić information content (AvgIpc) is 3.50. The number of hydrogen-bond acceptors (Lipinski definition) is 7. The van der Waals surface area contributed by atoms with Crippen LogP contribution < -0.4 is 5.43 Å². The number of anilines is 1. The van der Waals surface area contributed by atoms with E-state index in [1.54, 1.807) is 48.5 Å². The van der Waals surface area contributed by atoms with Gasteiger partial charge in [0.25, 0.3) is 11.8 Å². The van der Waals surface area contributed by atoms with Gasteiger partial charge in [0.05, 0.1) is 28.9 Å². The number of rotatable bonds is 7. The van der Waals surface area contributed by atoms with Gasteiger partial charge in [0.2, 0.25) is 11.8 Å². The lowest BCUT2D eigenvalue weighted by Gasteiger charge is -2.50. The Labute approximate surface area is 300 Å². The summed E-state index contributed by atoms with van der Waals surface area (Å²) in [6.45, 7) is 2.13. The molecular weight excluding hydrogens is 666 g/mol. The number of phenols is 2. The molecule has 9 nitrogen and oxygen atoms in total. The highest BCUT2D eigenvalue weighted by molar-refractivity contribution is 6.30. The van der Waals surface area contributed by atoms with Crippen molar-refractivity contribution in [2.24, 2.45) is 23.7 Å². The van der Waals surface area contributed by atoms with E-state index in [9.17, 15) is 24.6 Å². The van der Waals surface area contributed by atoms with E-state index < -0.39 is 46.8 Å². The highest BCUT2D eigenvalue weighted by atomic mass is 35.5. The van der Waals surface area contributed by atoms with Crippen LogP contribution in [0.25, 0.3) is 0 Å². The van der Waals surface area contributed by atoms with Crippen molar-refractivity contribution in [2.75, 3.05) is 12.0 Å². The molecule has 0 bridgehead atoms. The van der Waals surface area contributed by atoms with E-state index in [0.29, 0.717) is 28.3 Å². The Bertz CT molecular complexity index is 2100. The summed E-state index contributed by atoms with van der Waals surface area (Å²) in [6, 6.07) is 27.9. The molecule has 2 aliphatic carbocycles. The second-order valence-electron chi connectivity index (χ2n) is 14.0. The third kappa shape index (κ3) is 5.13. The minimum atomic E-state index is -1.50. The van der Waals surface area contributed by atoms with Crippen LogP contribution in [0.3, 0.4) is 0 Å². The lowest BCUT2D eigenvalue weighted by molar-refractivity contribution is -0.141. The number of imide groups is 2. The maximum absolute atomic E-state index is 15.2. The second-order valence-corrected chi connectivity index (χ2v) is 14.5. The second kappa shape index (κ2) is 12.4. The number of nitrogens with one attached hydrogen (secondary N) is 1. The molecule has 10 heteroatoms. The van der Waals surface area contributed by atoms with E-state index >= 15 is 4.79 Å². The fraction of sp³-hybridized carbons (Fsp3) is 0.268. The smallest absolute Gasteiger partial charge is 0.260 e. The van der Waals surface area contributed by atoms with Crippen molar-refractivity contribution in [1.29, 1.82) is 0 Å². The standard InChI is InChI=1S/C41H36ClN3O6/c1-23-7-12-27(13-8-23)43-45-38(49)33-22-31-29(16-17-30-35(31)39(50)44(37(30)48)20-19-24-9-14-28(46)15-10-24)36(32-21-26(42)11-18-34(32)47)41(33,40(45)51)25-5-3-2-4-6-25/h2-16,18,21,30-31,33,35-36,43,46-47H,17,19-20,22H2,1H3. The molecule has 258 valence electrons. The zero-order valence-corrected chi connectivity index (χ0v) is 28.6. The number of halogens is 1. The number of aromatic hydroxyl groups is 2. The zero-order valence-electron chi connectivity index (χ0n) is 27.8. The minimum Gasteiger partial charge on any atom is -0.508 e. The summed E-state index contributed by atoms with van der Waals surface area (Å²) < 4.78 is 0. The highest BCUT2D eigenvalue weighted by Gasteiger charge is 2.70. The van der Waals surface area contributed by atoms with E-state index in [0.717, 1.165) is 21.7 Å². The van der Waals surface area contributed by atoms with Crippen molar-refractivity contribution in [3.8, 4) is 11.5 Å². The first kappa shape index (κ1) is 32.8. The summed E-state index contributed by atoms with van der Waals surface area (Å²) in [5.41, 5.74) is 5.77. The Morgan fingerprint density at radius 3 is 2.29 bits per heavy atom. The molecule has 4 amide bonds. The molecule has 4 aromatic rings. The Kier molecular flexibility index (Phi) is 7.98. The summed E-state index contributed by atoms with van der Waals surface area (Å²) in [6.07, 6.45) is 2.81. The van der Waals surface area contributed by atoms with Gasteiger partial charge in [-0.3, -0.25) is 29.5 Å². The van der Waals surface area contributed by atoms with E-state index in [-0.39, 0.29) is 42.7 Å². The van der Waals surface area contributed by atoms with Crippen LogP contribution in [0.5, 0.6) is 11.5 Å². The number of amides is 4. The van der Waals surface area contributed by atoms with Crippen molar-refractivity contribution in [3.63, 3.8) is 0 Å². The quantitative estimate of drug-likeness (QED) is 0.153. The topological polar surface area (TPSA) is 127 Å². The number of likely N-dealkylation sites (tertiary alicyclic amines) is 1. The van der Waals surface area contributed by atoms with Crippen LogP contribution in [0.1, 0.15) is 41.0 Å². The van der Waals surface area contributed by atoms with Crippen molar-refractivity contribution < 1.29 is 29.4 Å². The van der Waals surface area contributed by atoms with Crippen molar-refractivity contribution in [2.45, 2.75) is 37.5 Å². The van der Waals surface area contributed by atoms with E-state index in [1.807, 2.05) is 55.5 Å². The number of benzene rings is 4. The molecule has 6 unspecified atom stereocenters. The Hall–Kier alpha value is -5.41. The number of allylic oxidation sites excluding steroid dienone is 2. The molecule has 1 saturated carbocycles. The molecule has 2 saturated heterocycles. The first-order valence-corrected chi connectivity index (χ1v) is 17.6. The molecular formula is C41H36ClN3O6. The first-order valence-electron chi connectivity index (χ1n) is 17.2. The predicted molar refractivity (Wildman–Crippen MR) is 190 cm³/mol. The highest BCUT2D eigenvalue weighted by Crippen LogP contribution is 2.65. The zero-order chi connectivity index (χ0) is 35.6. The van der Waals surface area contributed by atoms with Crippen LogP contribution >= 0.6 is 11.6 Å². The molecule has 4 aromatic carbocycles. The van der Waals surface area contributed by atoms with E-state index in [4.69, 9.17) is 11.6 Å². The SMILES string of the molecule is Cc1ccc(NN2C(=O)C3CC4C(=CCC5C(=O)N(CCc6ccc(O)cc6)C(=O)C54)C(c4cc(Cl)ccc4O)C3(c3ccccc3)C2=O)cc1. The molecule has 8 rings (SSSR count). The summed E-state index contributed by atoms with van der Waals surface area (Å²) in [4.78, 5) is 59.5. The van der Waals surface area contributed by atoms with Gasteiger partial charge in [-0.15, -0.1) is 0 Å². The van der Waals surface area contributed by atoms with Crippen molar-refractivity contribution >= 4 is 40.9 Å². The monoisotopic (exact) mass is 701 g/mol. The van der Waals surface area contributed by atoms with Gasteiger partial charge in [-0.2, -0.15) is 5.01 Å². The van der Waals surface area contributed by atoms with E-state index in [2.05, 4.69) is 5.43 Å². The lowest BCUT2D eigenvalue weighted by Crippen LogP contribution is -2.53. The van der Waals surface area contributed by atoms with Gasteiger partial charge < -0.3 is 10.2 Å². The number of hydrazine groups is 1. The van der Waals surface area contributed by atoms with E-state index in [1.165, 1.54) is 11.0 Å². The maximum Gasteiger partial charge on any atom is 0.260 e. The molecule has 3 N–H and O–H groups in total. The maximum atomic E-state index is 15.2. The molecule has 3 fully saturated rings. The van der Waals surface area contributed by atoms with Gasteiger partial charge in [0.15, 0.2) is 0 Å². The van der Waals surface area contributed by atoms with Gasteiger partial charge in [0, 0.05) is 23.0 Å². The fourth-order valence-electron chi connectivity index (χ4n) is 9.04. The van der Waals surface area contributed by atoms with Gasteiger partial charge in [-0.05, 0) is 85.7 Å². The van der Waals surface area contributed by atoms with Crippen LogP contribution in [0.4, 0.5) is 5.69 Å². The number of aryl methyl sites for hydroxylation is 1. The largest absolute Gasteiger partial charge is 0.508 e. The molecule has 6 atom stereocenters. The third-order valence-electron chi connectivity index (χ3n) is 11.3. The fourth-order valence-corrected chi connectivity index (χ4v) is 9.22. The minimum absolute atomic E-state index is 0.0864. The molecule has 0 spiro atoms. The molecule has 4 aliphatic rings. The molecule has 0 aromatic heterocycles. The number of carbonyl (C=O) groups excluding carboxylic acids is 4. The normalized spacial score (nSPS) is 26.9. The van der Waals surface area contributed by atoms with Crippen LogP contribution in [0, 0.1) is 30.6 Å². The predicted octanol–water partition coefficient (Wildman–Crippen LogP) is 6.29. The number of phenolic OH excluding ortho intramolecular Hbond substituents is 2. The summed E-state index contributed by atoms with van der Waals surface area (Å²) >= 11 is 6.58. The van der Waals surface area contributed by atoms with Crippen LogP contribution in [-0.2, 0) is 31.0 Å². The molecule has 2 heterocycles. The van der Waals surface area contributed by atoms with Crippen molar-refractivity contribution in [1.82, 2.24) is 9.91 Å². The summed E-state index contributed by atoms with van der Waals surface area (Å²) in [5.74, 6) is -5.15. The van der Waals surface area contributed by atoms with Crippen LogP contribution in [-0.4, -0.2) is 50.3 Å². The van der Waals surface area contributed by atoms with Crippen LogP contribution in [0.2, 0.25) is 5.02 Å². The lowest BCUT2D eigenvalue weighted by atomic mass is 9.49. The number of hydrogen-bond donors (Lipinski definition) is 3. The molecule has 0 radical (unpaired) electrons. The third-order valence-corrected chi connectivity index (χ3v) is 11.6. The summed E-state index contributed by atoms with van der Waals surface area (Å²) in [5, 5.41) is 22.6. The molecule has 2 aliphatic heterocycles.